The van der Waals surface area contributed by atoms with Crippen LogP contribution in [0.15, 0.2) is 0 Å². The molecule has 1 aliphatic heterocycles. The molecule has 1 rings (SSSR count). The van der Waals surface area contributed by atoms with Crippen molar-refractivity contribution in [2.45, 2.75) is 339 Å². The van der Waals surface area contributed by atoms with E-state index in [-0.39, 0.29) is 141 Å². The number of likely N-dealkylation sites (tertiary alicyclic amines) is 1. The summed E-state index contributed by atoms with van der Waals surface area (Å²) in [5.74, 6) is -23.2. The van der Waals surface area contributed by atoms with Gasteiger partial charge in [-0.1, -0.05) is 74.7 Å². The fourth-order valence-electron chi connectivity index (χ4n) is 14.7. The van der Waals surface area contributed by atoms with Crippen LogP contribution in [0.4, 0.5) is 0 Å². The van der Waals surface area contributed by atoms with Gasteiger partial charge in [0.25, 0.3) is 5.91 Å². The van der Waals surface area contributed by atoms with Crippen LogP contribution in [0.5, 0.6) is 0 Å². The van der Waals surface area contributed by atoms with E-state index in [0.29, 0.717) is 13.0 Å². The van der Waals surface area contributed by atoms with Crippen molar-refractivity contribution in [3.63, 3.8) is 0 Å². The first-order valence-corrected chi connectivity index (χ1v) is 48.4. The van der Waals surface area contributed by atoms with E-state index < -0.39 is 309 Å². The Morgan fingerprint density at radius 1 is 0.364 bits per heavy atom. The van der Waals surface area contributed by atoms with Crippen molar-refractivity contribution >= 4 is 124 Å². The molecular weight excluding hydrogens is 1880 g/mol. The van der Waals surface area contributed by atoms with Gasteiger partial charge >= 0.3 is 11.9 Å². The molecule has 0 aromatic heterocycles. The molecule has 1 fully saturated rings. The molecule has 57 heteroatoms. The Balaban J connectivity index is 3.64. The topological polar surface area (TPSA) is 978 Å². The van der Waals surface area contributed by atoms with Crippen molar-refractivity contribution in [1.82, 2.24) is 111 Å². The highest BCUT2D eigenvalue weighted by Crippen LogP contribution is 2.22. The van der Waals surface area contributed by atoms with E-state index in [1.807, 2.05) is 0 Å². The summed E-state index contributed by atoms with van der Waals surface area (Å²) in [7, 11) is 0. The van der Waals surface area contributed by atoms with Crippen LogP contribution in [0, 0.1) is 23.7 Å². The molecule has 1 saturated heterocycles. The minimum absolute atomic E-state index is 0.0268. The molecule has 0 aliphatic carbocycles. The van der Waals surface area contributed by atoms with Crippen molar-refractivity contribution < 1.29 is 127 Å². The zero-order valence-electron chi connectivity index (χ0n) is 84.0. The van der Waals surface area contributed by atoms with Gasteiger partial charge in [0, 0.05) is 13.0 Å². The van der Waals surface area contributed by atoms with Crippen molar-refractivity contribution in [2.24, 2.45) is 81.0 Å². The summed E-state index contributed by atoms with van der Waals surface area (Å²) in [5.41, 5.74) is 63.6. The number of carbonyl (C=O) groups is 21. The summed E-state index contributed by atoms with van der Waals surface area (Å²) in [6.45, 7) is 16.3. The van der Waals surface area contributed by atoms with Crippen LogP contribution in [-0.4, -0.2) is 325 Å². The second-order valence-corrected chi connectivity index (χ2v) is 36.3. The molecule has 0 bridgehead atoms. The second kappa shape index (κ2) is 68.5. The number of primary amides is 2. The standard InChI is InChI=1S/C86H163N33O24/c1-12-42(6)63(115-60(123)39-103-71(132)53(28-29-58(89)121)111-79(140)65(44(8)14-3)117-76(137)56(38-59(90)122)113-69(130)48(88)37-61(124)125)80(141)118-66(47(11)120)81(142)112-54(22-15-16-30-87)82(143)119-35-21-27-57(119)77(138)106-46(10)68(129)116-64(43(7)13-2)78(139)110-52(26-20-34-102-86(97)98)73(134)109-51(25-19-33-101-85(95)96)74(135)114-55(36-41(4)5)75(136)105-45(9)67(128)107-50(24-18-32-100-84(93)94)72(133)108-49(23-17-31-99-83(91)92)70(131)104-40-62(126)127/h41-57,63-66,83-86,99-102,120H,12-40,87-88,91-98H2,1-11H3,(H2,89,121)(H2,90,122)(H,103,132)(H,104,131)(H,105,136)(H,106,138)(H,107,128)(H,108,133)(H,109,134)(H,110,139)(H,111,140)(H,112,142)(H,113,130)(H,114,135)(H,115,123)(H,116,129)(H,117,137)(H,118,141)(H,124,125)(H,126,127)/p+2/t42-,43-,44-,45-,46-,47+,48-,49-,50-,51-,52-,53-,54-,55-,56-,57-,63-,64-,65-,66-/m0/s1. The van der Waals surface area contributed by atoms with Gasteiger partial charge in [0.1, 0.15) is 129 Å². The SMILES string of the molecule is CC[C@H](C)[C@H](NC(=O)CNC(=O)[C@H](CCC(N)=O)NC(=O)[C@@H](NC(=O)[C@H](CC(N)=O)NC(=O)[C@@H]([NH3+])CC(=O)O)[C@@H](C)CC)C(=O)N[C@H](C(=O)N[C@@H](CCCC[NH3+])C(=O)N1CCC[C@H]1C(=O)N[C@@H](C)C(=O)N[C@H](C(=O)N[C@@H](CCCNC(N)N)C(=O)N[C@@H](CCCNC(N)N)C(=O)N[C@@H](CC(C)C)C(=O)N[C@@H](C)C(=O)N[C@@H](CCCNC(N)N)C(=O)N[C@@H](CCCNC(N)N)C(=O)NCC(=O)O)[C@@H](C)CC)[C@@H](C)O. The largest absolute Gasteiger partial charge is 0.481 e. The van der Waals surface area contributed by atoms with E-state index in [1.54, 1.807) is 48.5 Å². The Morgan fingerprint density at radius 2 is 0.713 bits per heavy atom. The molecule has 19 amide bonds. The lowest BCUT2D eigenvalue weighted by molar-refractivity contribution is -0.403. The highest BCUT2D eigenvalue weighted by molar-refractivity contribution is 6.02. The molecule has 0 saturated carbocycles. The summed E-state index contributed by atoms with van der Waals surface area (Å²) < 4.78 is 0. The van der Waals surface area contributed by atoms with Crippen molar-refractivity contribution in [3.8, 4) is 0 Å². The minimum Gasteiger partial charge on any atom is -0.481 e. The number of nitrogens with two attached hydrogens (primary N) is 10. The van der Waals surface area contributed by atoms with E-state index in [0.717, 1.165) is 6.92 Å². The normalized spacial score (nSPS) is 16.5. The van der Waals surface area contributed by atoms with Gasteiger partial charge in [-0.3, -0.25) is 122 Å². The number of rotatable bonds is 74. The fourth-order valence-corrected chi connectivity index (χ4v) is 14.7. The van der Waals surface area contributed by atoms with E-state index in [4.69, 9.17) is 62.4 Å². The minimum atomic E-state index is -1.82. The number of aliphatic hydroxyl groups is 1. The Kier molecular flexibility index (Phi) is 61.9. The van der Waals surface area contributed by atoms with Crippen LogP contribution >= 0.6 is 0 Å². The molecule has 143 heavy (non-hydrogen) atoms. The zero-order valence-corrected chi connectivity index (χ0v) is 84.0. The zero-order chi connectivity index (χ0) is 109. The number of nitrogens with zero attached hydrogens (tertiary/aromatic N) is 1. The van der Waals surface area contributed by atoms with Gasteiger partial charge in [-0.05, 0) is 167 Å². The lowest BCUT2D eigenvalue weighted by Crippen LogP contribution is -2.69. The van der Waals surface area contributed by atoms with E-state index in [9.17, 15) is 111 Å². The van der Waals surface area contributed by atoms with Crippen LogP contribution in [-0.2, 0) is 101 Å². The molecule has 49 N–H and O–H groups in total. The Hall–Kier alpha value is -11.7. The van der Waals surface area contributed by atoms with Crippen molar-refractivity contribution in [3.05, 3.63) is 0 Å². The summed E-state index contributed by atoms with van der Waals surface area (Å²) in [6.07, 6.45) is -6.21. The van der Waals surface area contributed by atoms with Crippen LogP contribution in [0.25, 0.3) is 0 Å². The predicted octanol–water partition coefficient (Wildman–Crippen LogP) is -15.4. The Morgan fingerprint density at radius 3 is 1.13 bits per heavy atom. The maximum Gasteiger partial charge on any atom is 0.322 e. The van der Waals surface area contributed by atoms with Gasteiger partial charge < -0.3 is 174 Å². The number of amides is 19. The van der Waals surface area contributed by atoms with Gasteiger partial charge in [0.15, 0.2) is 6.04 Å². The molecule has 57 nitrogen and oxygen atoms in total. The molecule has 0 unspecified atom stereocenters. The Bertz CT molecular complexity index is 4140. The van der Waals surface area contributed by atoms with Crippen LogP contribution in [0.1, 0.15) is 211 Å². The van der Waals surface area contributed by atoms with Crippen LogP contribution < -0.4 is 175 Å². The second-order valence-electron chi connectivity index (χ2n) is 36.3. The van der Waals surface area contributed by atoms with Gasteiger partial charge in [-0.2, -0.15) is 0 Å². The molecule has 1 heterocycles. The van der Waals surface area contributed by atoms with E-state index >= 15 is 0 Å². The van der Waals surface area contributed by atoms with Gasteiger partial charge in [0.05, 0.1) is 25.6 Å². The third-order valence-electron chi connectivity index (χ3n) is 23.5. The molecule has 20 atom stereocenters. The first kappa shape index (κ1) is 129. The molecule has 1 aliphatic rings. The summed E-state index contributed by atoms with van der Waals surface area (Å²) in [5, 5.41) is 81.1. The number of aliphatic hydroxyl groups excluding tert-OH is 1. The fraction of sp³-hybridized carbons (Fsp3) is 0.756. The molecule has 816 valence electrons. The number of carboxylic acids is 2. The maximum absolute atomic E-state index is 14.9. The van der Waals surface area contributed by atoms with E-state index in [1.165, 1.54) is 25.7 Å². The summed E-state index contributed by atoms with van der Waals surface area (Å²) in [4.78, 5) is 289. The van der Waals surface area contributed by atoms with Gasteiger partial charge in [0.2, 0.25) is 106 Å². The molecule has 0 aromatic carbocycles. The lowest BCUT2D eigenvalue weighted by Gasteiger charge is -2.32. The number of hydrogen-bond donors (Lipinski definition) is 35. The first-order valence-electron chi connectivity index (χ1n) is 48.4. The number of aliphatic carboxylic acids is 2. The van der Waals surface area contributed by atoms with Crippen LogP contribution in [0.3, 0.4) is 0 Å². The highest BCUT2D eigenvalue weighted by Gasteiger charge is 2.44. The number of carbonyl (C=O) groups excluding carboxylic acids is 19. The molecular formula is C86H165N33O24+2. The maximum atomic E-state index is 14.9. The Labute approximate surface area is 831 Å². The van der Waals surface area contributed by atoms with Crippen LogP contribution in [0.2, 0.25) is 0 Å². The average Bonchev–Trinajstić information content (AvgIpc) is 1.69. The lowest BCUT2D eigenvalue weighted by atomic mass is 9.96. The number of nitrogens with one attached hydrogen (secondary N) is 20. The molecule has 0 aromatic rings. The third kappa shape index (κ3) is 51.4. The number of carboxylic acid groups (broad SMARTS) is 2. The smallest absolute Gasteiger partial charge is 0.322 e. The predicted molar refractivity (Wildman–Crippen MR) is 517 cm³/mol. The van der Waals surface area contributed by atoms with E-state index in [2.05, 4.69) is 118 Å². The number of unbranched alkanes of at least 4 members (excludes halogenated alkanes) is 1. The van der Waals surface area contributed by atoms with Gasteiger partial charge in [-0.15, -0.1) is 0 Å². The molecule has 0 radical (unpaired) electrons. The molecule has 0 spiro atoms. The van der Waals surface area contributed by atoms with Crippen molar-refractivity contribution in [2.75, 3.05) is 52.4 Å². The highest BCUT2D eigenvalue weighted by atomic mass is 16.4. The summed E-state index contributed by atoms with van der Waals surface area (Å²) >= 11 is 0. The summed E-state index contributed by atoms with van der Waals surface area (Å²) in [6, 6.07) is -23.6. The van der Waals surface area contributed by atoms with Crippen molar-refractivity contribution in [1.29, 1.82) is 0 Å². The average molecular weight is 2050 g/mol. The third-order valence-corrected chi connectivity index (χ3v) is 23.5. The quantitative estimate of drug-likeness (QED) is 0.0199. The number of quaternary nitrogens is 2. The van der Waals surface area contributed by atoms with Gasteiger partial charge in [-0.25, -0.2) is 0 Å². The monoisotopic (exact) mass is 2040 g/mol. The first-order chi connectivity index (χ1) is 67.0. The number of hydrogen-bond acceptors (Lipinski definition) is 34.